The zero-order valence-corrected chi connectivity index (χ0v) is 10.8. The minimum absolute atomic E-state index is 0.0752. The van der Waals surface area contributed by atoms with Crippen LogP contribution in [0.25, 0.3) is 0 Å². The Bertz CT molecular complexity index is 342. The lowest BCUT2D eigenvalue weighted by atomic mass is 10.0. The van der Waals surface area contributed by atoms with Crippen molar-refractivity contribution in [2.45, 2.75) is 49.4 Å². The Morgan fingerprint density at radius 2 is 2.00 bits per heavy atom. The van der Waals surface area contributed by atoms with E-state index in [4.69, 9.17) is 4.74 Å². The maximum Gasteiger partial charge on any atom is 0.214 e. The Labute approximate surface area is 103 Å². The fraction of sp³-hybridized carbons (Fsp3) is 1.00. The third-order valence-corrected chi connectivity index (χ3v) is 5.57. The van der Waals surface area contributed by atoms with Gasteiger partial charge in [0.25, 0.3) is 0 Å². The number of aliphatic hydroxyl groups is 1. The van der Waals surface area contributed by atoms with E-state index in [1.165, 1.54) is 0 Å². The van der Waals surface area contributed by atoms with Crippen LogP contribution in [0, 0.1) is 0 Å². The molecule has 0 radical (unpaired) electrons. The van der Waals surface area contributed by atoms with E-state index in [0.717, 1.165) is 32.1 Å². The van der Waals surface area contributed by atoms with Gasteiger partial charge in [0.15, 0.2) is 0 Å². The Kier molecular flexibility index (Phi) is 4.07. The zero-order chi connectivity index (χ0) is 12.4. The van der Waals surface area contributed by atoms with Crippen LogP contribution in [-0.2, 0) is 14.8 Å². The standard InChI is InChI=1S/C11H21NO4S/c13-11(6-7-16-9-11)8-12-17(14,15)10-4-2-1-3-5-10/h10,12-13H,1-9H2. The zero-order valence-electron chi connectivity index (χ0n) is 10.0. The van der Waals surface area contributed by atoms with E-state index in [0.29, 0.717) is 13.0 Å². The number of ether oxygens (including phenoxy) is 1. The fourth-order valence-corrected chi connectivity index (χ4v) is 4.12. The summed E-state index contributed by atoms with van der Waals surface area (Å²) in [5.74, 6) is 0. The normalized spacial score (nSPS) is 31.8. The van der Waals surface area contributed by atoms with Crippen LogP contribution in [0.15, 0.2) is 0 Å². The van der Waals surface area contributed by atoms with Gasteiger partial charge in [-0.1, -0.05) is 19.3 Å². The molecule has 1 heterocycles. The summed E-state index contributed by atoms with van der Waals surface area (Å²) in [4.78, 5) is 0. The molecular formula is C11H21NO4S. The van der Waals surface area contributed by atoms with Gasteiger partial charge in [0.05, 0.1) is 11.9 Å². The summed E-state index contributed by atoms with van der Waals surface area (Å²) in [7, 11) is -3.27. The molecule has 1 atom stereocenters. The summed E-state index contributed by atoms with van der Waals surface area (Å²) in [5, 5.41) is 9.73. The first-order valence-electron chi connectivity index (χ1n) is 6.30. The van der Waals surface area contributed by atoms with Crippen LogP contribution in [0.3, 0.4) is 0 Å². The molecule has 17 heavy (non-hydrogen) atoms. The second-order valence-corrected chi connectivity index (χ2v) is 7.20. The van der Waals surface area contributed by atoms with Gasteiger partial charge in [-0.2, -0.15) is 0 Å². The highest BCUT2D eigenvalue weighted by atomic mass is 32.2. The fourth-order valence-electron chi connectivity index (χ4n) is 2.46. The van der Waals surface area contributed by atoms with Crippen molar-refractivity contribution in [3.63, 3.8) is 0 Å². The molecule has 2 rings (SSSR count). The molecular weight excluding hydrogens is 242 g/mol. The smallest absolute Gasteiger partial charge is 0.214 e. The quantitative estimate of drug-likeness (QED) is 0.769. The maximum atomic E-state index is 12.0. The van der Waals surface area contributed by atoms with E-state index >= 15 is 0 Å². The van der Waals surface area contributed by atoms with Crippen LogP contribution in [0.1, 0.15) is 38.5 Å². The monoisotopic (exact) mass is 263 g/mol. The predicted molar refractivity (Wildman–Crippen MR) is 64.2 cm³/mol. The number of rotatable bonds is 4. The van der Waals surface area contributed by atoms with E-state index in [1.54, 1.807) is 0 Å². The first-order valence-corrected chi connectivity index (χ1v) is 7.85. The summed E-state index contributed by atoms with van der Waals surface area (Å²) in [6.07, 6.45) is 5.08. The molecule has 6 heteroatoms. The second kappa shape index (κ2) is 5.22. The van der Waals surface area contributed by atoms with Gasteiger partial charge in [-0.25, -0.2) is 13.1 Å². The van der Waals surface area contributed by atoms with E-state index in [2.05, 4.69) is 4.72 Å². The molecule has 1 saturated carbocycles. The molecule has 2 fully saturated rings. The third kappa shape index (κ3) is 3.40. The lowest BCUT2D eigenvalue weighted by Gasteiger charge is -2.25. The molecule has 1 saturated heterocycles. The Balaban J connectivity index is 1.88. The summed E-state index contributed by atoms with van der Waals surface area (Å²) >= 11 is 0. The molecule has 100 valence electrons. The SMILES string of the molecule is O=S(=O)(NCC1(O)CCOC1)C1CCCCC1. The Morgan fingerprint density at radius 1 is 1.29 bits per heavy atom. The van der Waals surface area contributed by atoms with Crippen molar-refractivity contribution in [3.05, 3.63) is 0 Å². The third-order valence-electron chi connectivity index (χ3n) is 3.68. The van der Waals surface area contributed by atoms with Crippen molar-refractivity contribution < 1.29 is 18.3 Å². The van der Waals surface area contributed by atoms with Crippen LogP contribution in [-0.4, -0.2) is 44.1 Å². The minimum atomic E-state index is -3.27. The van der Waals surface area contributed by atoms with Crippen molar-refractivity contribution >= 4 is 10.0 Å². The molecule has 0 spiro atoms. The van der Waals surface area contributed by atoms with Crippen molar-refractivity contribution in [3.8, 4) is 0 Å². The second-order valence-electron chi connectivity index (χ2n) is 5.15. The molecule has 2 aliphatic rings. The van der Waals surface area contributed by atoms with Gasteiger partial charge in [-0.3, -0.25) is 0 Å². The van der Waals surface area contributed by atoms with E-state index in [-0.39, 0.29) is 18.4 Å². The van der Waals surface area contributed by atoms with Crippen molar-refractivity contribution in [1.29, 1.82) is 0 Å². The predicted octanol–water partition coefficient (Wildman–Crippen LogP) is 0.390. The van der Waals surface area contributed by atoms with Crippen LogP contribution in [0.5, 0.6) is 0 Å². The number of sulfonamides is 1. The first-order chi connectivity index (χ1) is 8.02. The first kappa shape index (κ1) is 13.3. The van der Waals surface area contributed by atoms with Gasteiger partial charge in [-0.15, -0.1) is 0 Å². The highest BCUT2D eigenvalue weighted by Gasteiger charge is 2.35. The minimum Gasteiger partial charge on any atom is -0.386 e. The van der Waals surface area contributed by atoms with Crippen molar-refractivity contribution in [1.82, 2.24) is 4.72 Å². The van der Waals surface area contributed by atoms with E-state index in [9.17, 15) is 13.5 Å². The van der Waals surface area contributed by atoms with Crippen LogP contribution in [0.2, 0.25) is 0 Å². The molecule has 1 aliphatic carbocycles. The van der Waals surface area contributed by atoms with Crippen molar-refractivity contribution in [2.24, 2.45) is 0 Å². The summed E-state index contributed by atoms with van der Waals surface area (Å²) < 4.78 is 31.7. The molecule has 5 nitrogen and oxygen atoms in total. The lowest BCUT2D eigenvalue weighted by molar-refractivity contribution is 0.0314. The number of hydrogen-bond acceptors (Lipinski definition) is 4. The van der Waals surface area contributed by atoms with Crippen LogP contribution in [0.4, 0.5) is 0 Å². The topological polar surface area (TPSA) is 75.6 Å². The molecule has 0 aromatic carbocycles. The van der Waals surface area contributed by atoms with Crippen LogP contribution < -0.4 is 4.72 Å². The average Bonchev–Trinajstić information content (AvgIpc) is 2.76. The van der Waals surface area contributed by atoms with Gasteiger partial charge in [0.2, 0.25) is 10.0 Å². The molecule has 0 aromatic heterocycles. The Hall–Kier alpha value is -0.170. The highest BCUT2D eigenvalue weighted by Crippen LogP contribution is 2.24. The van der Waals surface area contributed by atoms with Crippen molar-refractivity contribution in [2.75, 3.05) is 19.8 Å². The lowest BCUT2D eigenvalue weighted by Crippen LogP contribution is -2.46. The maximum absolute atomic E-state index is 12.0. The largest absolute Gasteiger partial charge is 0.386 e. The van der Waals surface area contributed by atoms with Gasteiger partial charge < -0.3 is 9.84 Å². The van der Waals surface area contributed by atoms with Gasteiger partial charge in [-0.05, 0) is 12.8 Å². The average molecular weight is 263 g/mol. The molecule has 0 amide bonds. The highest BCUT2D eigenvalue weighted by molar-refractivity contribution is 7.90. The van der Waals surface area contributed by atoms with E-state index < -0.39 is 15.6 Å². The summed E-state index contributed by atoms with van der Waals surface area (Å²) in [6.45, 7) is 0.799. The van der Waals surface area contributed by atoms with Gasteiger partial charge in [0, 0.05) is 19.6 Å². The van der Waals surface area contributed by atoms with Gasteiger partial charge >= 0.3 is 0 Å². The molecule has 2 N–H and O–H groups in total. The molecule has 1 unspecified atom stereocenters. The molecule has 0 bridgehead atoms. The number of nitrogens with one attached hydrogen (secondary N) is 1. The van der Waals surface area contributed by atoms with Gasteiger partial charge in [0.1, 0.15) is 5.60 Å². The van der Waals surface area contributed by atoms with Crippen LogP contribution >= 0.6 is 0 Å². The molecule has 0 aromatic rings. The summed E-state index contributed by atoms with van der Waals surface area (Å²) in [6, 6.07) is 0. The summed E-state index contributed by atoms with van der Waals surface area (Å²) in [5.41, 5.74) is -1.01. The van der Waals surface area contributed by atoms with E-state index in [1.807, 2.05) is 0 Å². The Morgan fingerprint density at radius 3 is 2.59 bits per heavy atom. The number of hydrogen-bond donors (Lipinski definition) is 2. The molecule has 1 aliphatic heterocycles.